The maximum atomic E-state index is 12.7. The molecule has 0 spiro atoms. The van der Waals surface area contributed by atoms with Crippen LogP contribution in [0.1, 0.15) is 22.5 Å². The molecule has 8 nitrogen and oxygen atoms in total. The van der Waals surface area contributed by atoms with Gasteiger partial charge in [-0.15, -0.1) is 0 Å². The van der Waals surface area contributed by atoms with Crippen molar-refractivity contribution >= 4 is 17.3 Å². The first-order valence-corrected chi connectivity index (χ1v) is 7.40. The zero-order valence-electron chi connectivity index (χ0n) is 14.1. The molecule has 1 aromatic heterocycles. The van der Waals surface area contributed by atoms with Crippen LogP contribution >= 0.6 is 0 Å². The van der Waals surface area contributed by atoms with Gasteiger partial charge < -0.3 is 0 Å². The Bertz CT molecular complexity index is 861. The predicted molar refractivity (Wildman–Crippen MR) is 86.2 cm³/mol. The Balaban J connectivity index is 2.13. The molecule has 0 atom stereocenters. The molecular formula is C15H16F3N5O3. The first kappa shape index (κ1) is 19.2. The topological polar surface area (TPSA) is 102 Å². The summed E-state index contributed by atoms with van der Waals surface area (Å²) in [7, 11) is 1.73. The Kier molecular flexibility index (Phi) is 5.19. The average Bonchev–Trinajstić information content (AvgIpc) is 2.78. The van der Waals surface area contributed by atoms with Crippen LogP contribution < -0.4 is 10.9 Å². The van der Waals surface area contributed by atoms with E-state index >= 15 is 0 Å². The van der Waals surface area contributed by atoms with Gasteiger partial charge in [-0.1, -0.05) is 0 Å². The monoisotopic (exact) mass is 371 g/mol. The van der Waals surface area contributed by atoms with E-state index in [1.807, 2.05) is 0 Å². The first-order chi connectivity index (χ1) is 12.0. The number of benzene rings is 1. The van der Waals surface area contributed by atoms with E-state index < -0.39 is 28.3 Å². The average molecular weight is 371 g/mol. The number of rotatable bonds is 5. The SMILES string of the molecule is Cc1nn(C)c(C)c1CC(=O)NNc1ccc(C(F)(F)F)cc1[N+](=O)[O-]. The molecule has 0 aliphatic rings. The first-order valence-electron chi connectivity index (χ1n) is 7.40. The molecule has 2 rings (SSSR count). The number of halogens is 3. The minimum Gasteiger partial charge on any atom is -0.292 e. The lowest BCUT2D eigenvalue weighted by Crippen LogP contribution is -2.31. The number of nitro groups is 1. The number of carbonyl (C=O) groups is 1. The van der Waals surface area contributed by atoms with Gasteiger partial charge in [-0.2, -0.15) is 18.3 Å². The second-order valence-corrected chi connectivity index (χ2v) is 5.61. The fraction of sp³-hybridized carbons (Fsp3) is 0.333. The number of hydrogen-bond donors (Lipinski definition) is 2. The fourth-order valence-corrected chi connectivity index (χ4v) is 2.38. The number of amides is 1. The van der Waals surface area contributed by atoms with E-state index in [0.717, 1.165) is 11.8 Å². The molecule has 0 unspecified atom stereocenters. The van der Waals surface area contributed by atoms with Crippen molar-refractivity contribution in [1.82, 2.24) is 15.2 Å². The van der Waals surface area contributed by atoms with Crippen molar-refractivity contribution in [3.8, 4) is 0 Å². The van der Waals surface area contributed by atoms with Gasteiger partial charge in [0.1, 0.15) is 5.69 Å². The Morgan fingerprint density at radius 3 is 2.50 bits per heavy atom. The normalized spacial score (nSPS) is 11.3. The summed E-state index contributed by atoms with van der Waals surface area (Å²) in [6.07, 6.45) is -4.74. The number of alkyl halides is 3. The molecule has 1 heterocycles. The molecule has 11 heteroatoms. The fourth-order valence-electron chi connectivity index (χ4n) is 2.38. The van der Waals surface area contributed by atoms with Gasteiger partial charge in [0.25, 0.3) is 5.69 Å². The van der Waals surface area contributed by atoms with E-state index in [4.69, 9.17) is 0 Å². The number of hydrogen-bond acceptors (Lipinski definition) is 5. The van der Waals surface area contributed by atoms with Crippen LogP contribution in [0.2, 0.25) is 0 Å². The van der Waals surface area contributed by atoms with Crippen molar-refractivity contribution in [3.05, 3.63) is 50.8 Å². The van der Waals surface area contributed by atoms with Gasteiger partial charge in [-0.25, -0.2) is 0 Å². The number of hydrazine groups is 1. The molecular weight excluding hydrogens is 355 g/mol. The largest absolute Gasteiger partial charge is 0.416 e. The number of aryl methyl sites for hydroxylation is 2. The van der Waals surface area contributed by atoms with Crippen LogP contribution in [0, 0.1) is 24.0 Å². The van der Waals surface area contributed by atoms with Crippen molar-refractivity contribution < 1.29 is 22.9 Å². The van der Waals surface area contributed by atoms with E-state index in [1.165, 1.54) is 0 Å². The van der Waals surface area contributed by atoms with Crippen LogP contribution in [0.4, 0.5) is 24.5 Å². The highest BCUT2D eigenvalue weighted by atomic mass is 19.4. The second kappa shape index (κ2) is 7.02. The zero-order chi connectivity index (χ0) is 19.6. The number of carbonyl (C=O) groups excluding carboxylic acids is 1. The van der Waals surface area contributed by atoms with Crippen molar-refractivity contribution in [2.45, 2.75) is 26.4 Å². The molecule has 2 N–H and O–H groups in total. The second-order valence-electron chi connectivity index (χ2n) is 5.61. The molecule has 2 aromatic rings. The predicted octanol–water partition coefficient (Wildman–Crippen LogP) is 2.65. The van der Waals surface area contributed by atoms with Crippen molar-refractivity contribution in [2.24, 2.45) is 7.05 Å². The quantitative estimate of drug-likeness (QED) is 0.621. The summed E-state index contributed by atoms with van der Waals surface area (Å²) in [5.74, 6) is -0.515. The van der Waals surface area contributed by atoms with E-state index in [2.05, 4.69) is 16.0 Å². The molecule has 1 amide bonds. The van der Waals surface area contributed by atoms with E-state index in [1.54, 1.807) is 25.6 Å². The standard InChI is InChI=1S/C15H16F3N5O3/c1-8-11(9(2)22(3)21-8)7-14(24)20-19-12-5-4-10(15(16,17)18)6-13(12)23(25)26/h4-6,19H,7H2,1-3H3,(H,20,24). The van der Waals surface area contributed by atoms with Crippen LogP contribution in [0.5, 0.6) is 0 Å². The highest BCUT2D eigenvalue weighted by Gasteiger charge is 2.33. The van der Waals surface area contributed by atoms with E-state index in [-0.39, 0.29) is 12.1 Å². The molecule has 0 radical (unpaired) electrons. The van der Waals surface area contributed by atoms with Crippen LogP contribution in [0.3, 0.4) is 0 Å². The molecule has 1 aromatic carbocycles. The number of anilines is 1. The number of aromatic nitrogens is 2. The molecule has 140 valence electrons. The zero-order valence-corrected chi connectivity index (χ0v) is 14.1. The Morgan fingerprint density at radius 1 is 1.35 bits per heavy atom. The summed E-state index contributed by atoms with van der Waals surface area (Å²) in [4.78, 5) is 22.1. The van der Waals surface area contributed by atoms with Crippen molar-refractivity contribution in [1.29, 1.82) is 0 Å². The third kappa shape index (κ3) is 4.10. The molecule has 26 heavy (non-hydrogen) atoms. The molecule has 0 aliphatic carbocycles. The number of nitrogens with zero attached hydrogens (tertiary/aromatic N) is 3. The van der Waals surface area contributed by atoms with Gasteiger partial charge in [-0.05, 0) is 26.0 Å². The van der Waals surface area contributed by atoms with Gasteiger partial charge >= 0.3 is 6.18 Å². The lowest BCUT2D eigenvalue weighted by atomic mass is 10.1. The van der Waals surface area contributed by atoms with Gasteiger partial charge in [0.2, 0.25) is 5.91 Å². The molecule has 0 fully saturated rings. The Hall–Kier alpha value is -3.11. The summed E-state index contributed by atoms with van der Waals surface area (Å²) < 4.78 is 39.6. The summed E-state index contributed by atoms with van der Waals surface area (Å²) >= 11 is 0. The van der Waals surface area contributed by atoms with Crippen LogP contribution in [0.25, 0.3) is 0 Å². The number of nitro benzene ring substituents is 1. The van der Waals surface area contributed by atoms with Crippen LogP contribution in [-0.2, 0) is 24.4 Å². The van der Waals surface area contributed by atoms with Gasteiger partial charge in [-0.3, -0.25) is 30.4 Å². The van der Waals surface area contributed by atoms with Gasteiger partial charge in [0.05, 0.1) is 22.6 Å². The van der Waals surface area contributed by atoms with Gasteiger partial charge in [0.15, 0.2) is 0 Å². The number of nitrogens with one attached hydrogen (secondary N) is 2. The molecule has 0 aliphatic heterocycles. The third-order valence-corrected chi connectivity index (χ3v) is 3.85. The summed E-state index contributed by atoms with van der Waals surface area (Å²) in [5, 5.41) is 15.2. The minimum absolute atomic E-state index is 0.0348. The highest BCUT2D eigenvalue weighted by Crippen LogP contribution is 2.34. The van der Waals surface area contributed by atoms with E-state index in [0.29, 0.717) is 23.4 Å². The van der Waals surface area contributed by atoms with E-state index in [9.17, 15) is 28.1 Å². The van der Waals surface area contributed by atoms with Gasteiger partial charge in [0, 0.05) is 24.4 Å². The Labute approximate surface area is 146 Å². The minimum atomic E-state index is -4.71. The smallest absolute Gasteiger partial charge is 0.292 e. The summed E-state index contributed by atoms with van der Waals surface area (Å²) in [6, 6.07) is 1.99. The lowest BCUT2D eigenvalue weighted by molar-refractivity contribution is -0.384. The molecule has 0 saturated heterocycles. The Morgan fingerprint density at radius 2 is 2.00 bits per heavy atom. The highest BCUT2D eigenvalue weighted by molar-refractivity contribution is 5.81. The lowest BCUT2D eigenvalue weighted by Gasteiger charge is -2.11. The maximum absolute atomic E-state index is 12.7. The third-order valence-electron chi connectivity index (χ3n) is 3.85. The van der Waals surface area contributed by atoms with Crippen LogP contribution in [0.15, 0.2) is 18.2 Å². The van der Waals surface area contributed by atoms with Crippen molar-refractivity contribution in [2.75, 3.05) is 5.43 Å². The maximum Gasteiger partial charge on any atom is 0.416 e. The van der Waals surface area contributed by atoms with Crippen LogP contribution in [-0.4, -0.2) is 20.6 Å². The molecule has 0 bridgehead atoms. The van der Waals surface area contributed by atoms with Crippen molar-refractivity contribution in [3.63, 3.8) is 0 Å². The summed E-state index contributed by atoms with van der Waals surface area (Å²) in [6.45, 7) is 3.53. The molecule has 0 saturated carbocycles. The summed E-state index contributed by atoms with van der Waals surface area (Å²) in [5.41, 5.74) is 4.51.